The molecule has 3 rings (SSSR count). The Kier molecular flexibility index (Phi) is 10.4. The summed E-state index contributed by atoms with van der Waals surface area (Å²) in [7, 11) is -4.12. The zero-order chi connectivity index (χ0) is 28.7. The van der Waals surface area contributed by atoms with Gasteiger partial charge in [-0.2, -0.15) is 0 Å². The van der Waals surface area contributed by atoms with Crippen LogP contribution in [0, 0.1) is 6.92 Å². The van der Waals surface area contributed by atoms with E-state index < -0.39 is 28.5 Å². The van der Waals surface area contributed by atoms with Crippen molar-refractivity contribution in [2.45, 2.75) is 57.6 Å². The number of carbonyl (C=O) groups excluding carboxylic acids is 2. The zero-order valence-corrected chi connectivity index (χ0v) is 24.7. The lowest BCUT2D eigenvalue weighted by Gasteiger charge is -2.33. The van der Waals surface area contributed by atoms with Crippen LogP contribution < -0.4 is 9.62 Å². The molecule has 1 N–H and O–H groups in total. The topological polar surface area (TPSA) is 86.8 Å². The Labute approximate surface area is 240 Å². The minimum Gasteiger partial charge on any atom is -0.352 e. The summed E-state index contributed by atoms with van der Waals surface area (Å²) in [5.74, 6) is -0.910. The fourth-order valence-corrected chi connectivity index (χ4v) is 5.93. The lowest BCUT2D eigenvalue weighted by Crippen LogP contribution is -2.52. The van der Waals surface area contributed by atoms with Gasteiger partial charge in [0.05, 0.1) is 10.6 Å². The Balaban J connectivity index is 2.05. The second-order valence-electron chi connectivity index (χ2n) is 9.36. The summed E-state index contributed by atoms with van der Waals surface area (Å²) in [6.07, 6.45) is 0.714. The highest BCUT2D eigenvalue weighted by molar-refractivity contribution is 7.92. The molecule has 208 valence electrons. The third-order valence-corrected chi connectivity index (χ3v) is 8.88. The van der Waals surface area contributed by atoms with E-state index in [1.165, 1.54) is 17.0 Å². The predicted molar refractivity (Wildman–Crippen MR) is 157 cm³/mol. The van der Waals surface area contributed by atoms with E-state index in [0.717, 1.165) is 4.31 Å². The van der Waals surface area contributed by atoms with Crippen molar-refractivity contribution in [2.24, 2.45) is 0 Å². The first-order chi connectivity index (χ1) is 18.4. The number of nitrogens with one attached hydrogen (secondary N) is 1. The van der Waals surface area contributed by atoms with Crippen LogP contribution in [-0.4, -0.2) is 43.8 Å². The van der Waals surface area contributed by atoms with Crippen molar-refractivity contribution in [3.05, 3.63) is 94.0 Å². The highest BCUT2D eigenvalue weighted by Gasteiger charge is 2.33. The highest BCUT2D eigenvalue weighted by atomic mass is 35.5. The van der Waals surface area contributed by atoms with Gasteiger partial charge in [0.1, 0.15) is 12.6 Å². The fraction of sp³-hybridized carbons (Fsp3) is 0.310. The number of rotatable bonds is 11. The lowest BCUT2D eigenvalue weighted by atomic mass is 10.1. The summed E-state index contributed by atoms with van der Waals surface area (Å²) in [5.41, 5.74) is 1.63. The normalized spacial score (nSPS) is 12.9. The van der Waals surface area contributed by atoms with E-state index in [1.54, 1.807) is 74.5 Å². The van der Waals surface area contributed by atoms with E-state index in [9.17, 15) is 18.0 Å². The molecule has 3 aromatic carbocycles. The molecular formula is C29H33Cl2N3O4S. The molecule has 10 heteroatoms. The molecule has 39 heavy (non-hydrogen) atoms. The van der Waals surface area contributed by atoms with Crippen molar-refractivity contribution in [1.82, 2.24) is 10.2 Å². The molecular weight excluding hydrogens is 557 g/mol. The Morgan fingerprint density at radius 1 is 0.949 bits per heavy atom. The van der Waals surface area contributed by atoms with Crippen molar-refractivity contribution in [1.29, 1.82) is 0 Å². The van der Waals surface area contributed by atoms with E-state index in [0.29, 0.717) is 33.3 Å². The summed E-state index contributed by atoms with van der Waals surface area (Å²) in [4.78, 5) is 28.5. The summed E-state index contributed by atoms with van der Waals surface area (Å²) in [6, 6.07) is 18.8. The molecule has 2 unspecified atom stereocenters. The van der Waals surface area contributed by atoms with Crippen molar-refractivity contribution < 1.29 is 18.0 Å². The van der Waals surface area contributed by atoms with Crippen LogP contribution in [0.2, 0.25) is 10.0 Å². The molecule has 2 amide bonds. The van der Waals surface area contributed by atoms with Crippen LogP contribution in [0.15, 0.2) is 77.7 Å². The molecule has 0 bridgehead atoms. The van der Waals surface area contributed by atoms with Gasteiger partial charge >= 0.3 is 0 Å². The lowest BCUT2D eigenvalue weighted by molar-refractivity contribution is -0.139. The number of benzene rings is 3. The number of anilines is 1. The molecule has 0 aliphatic rings. The maximum absolute atomic E-state index is 14.0. The van der Waals surface area contributed by atoms with Gasteiger partial charge in [-0.25, -0.2) is 8.42 Å². The molecule has 2 atom stereocenters. The molecule has 0 aromatic heterocycles. The van der Waals surface area contributed by atoms with Crippen molar-refractivity contribution in [2.75, 3.05) is 10.8 Å². The van der Waals surface area contributed by atoms with Crippen LogP contribution in [0.5, 0.6) is 0 Å². The minimum absolute atomic E-state index is 0.0169. The van der Waals surface area contributed by atoms with E-state index in [-0.39, 0.29) is 23.4 Å². The Bertz CT molecular complexity index is 1420. The molecule has 0 heterocycles. The fourth-order valence-electron chi connectivity index (χ4n) is 3.96. The Hall–Kier alpha value is -3.07. The minimum atomic E-state index is -4.12. The molecule has 0 saturated heterocycles. The van der Waals surface area contributed by atoms with Crippen LogP contribution >= 0.6 is 23.2 Å². The van der Waals surface area contributed by atoms with Gasteiger partial charge in [-0.15, -0.1) is 0 Å². The first-order valence-electron chi connectivity index (χ1n) is 12.6. The van der Waals surface area contributed by atoms with E-state index in [1.807, 2.05) is 13.8 Å². The molecule has 0 aliphatic carbocycles. The number of amides is 2. The number of carbonyl (C=O) groups is 2. The van der Waals surface area contributed by atoms with Gasteiger partial charge in [0, 0.05) is 22.6 Å². The quantitative estimate of drug-likeness (QED) is 0.305. The molecule has 3 aromatic rings. The van der Waals surface area contributed by atoms with Gasteiger partial charge in [-0.3, -0.25) is 13.9 Å². The third kappa shape index (κ3) is 7.53. The molecule has 0 spiro atoms. The predicted octanol–water partition coefficient (Wildman–Crippen LogP) is 5.83. The van der Waals surface area contributed by atoms with Crippen LogP contribution in [0.4, 0.5) is 5.69 Å². The van der Waals surface area contributed by atoms with Gasteiger partial charge in [-0.05, 0) is 68.7 Å². The van der Waals surface area contributed by atoms with Gasteiger partial charge in [0.2, 0.25) is 11.8 Å². The van der Waals surface area contributed by atoms with Crippen LogP contribution in [0.25, 0.3) is 0 Å². The van der Waals surface area contributed by atoms with E-state index in [2.05, 4.69) is 5.32 Å². The highest BCUT2D eigenvalue weighted by Crippen LogP contribution is 2.28. The standard InChI is InChI=1S/C29H33Cl2N3O4S/c1-5-21(3)32-29(36)22(4)33(18-23-15-16-24(30)17-26(23)31)28(35)19-34(27-14-10-9-11-20(27)2)39(37,38)25-12-7-6-8-13-25/h6-17,21-22H,5,18-19H2,1-4H3,(H,32,36). The zero-order valence-electron chi connectivity index (χ0n) is 22.4. The SMILES string of the molecule is CCC(C)NC(=O)C(C)N(Cc1ccc(Cl)cc1Cl)C(=O)CN(c1ccccc1C)S(=O)(=O)c1ccccc1. The first kappa shape index (κ1) is 30.5. The summed E-state index contributed by atoms with van der Waals surface area (Å²) in [6.45, 7) is 6.68. The number of aryl methyl sites for hydroxylation is 1. The average Bonchev–Trinajstić information content (AvgIpc) is 2.91. The number of nitrogens with zero attached hydrogens (tertiary/aromatic N) is 2. The molecule has 0 aliphatic heterocycles. The number of hydrogen-bond acceptors (Lipinski definition) is 4. The van der Waals surface area contributed by atoms with Gasteiger partial charge < -0.3 is 10.2 Å². The summed E-state index contributed by atoms with van der Waals surface area (Å²) < 4.78 is 28.7. The molecule has 7 nitrogen and oxygen atoms in total. The average molecular weight is 591 g/mol. The molecule has 0 saturated carbocycles. The second-order valence-corrected chi connectivity index (χ2v) is 12.1. The maximum atomic E-state index is 14.0. The summed E-state index contributed by atoms with van der Waals surface area (Å²) in [5, 5.41) is 3.68. The third-order valence-electron chi connectivity index (χ3n) is 6.52. The first-order valence-corrected chi connectivity index (χ1v) is 14.8. The van der Waals surface area contributed by atoms with Crippen LogP contribution in [-0.2, 0) is 26.2 Å². The van der Waals surface area contributed by atoms with Crippen LogP contribution in [0.1, 0.15) is 38.3 Å². The smallest absolute Gasteiger partial charge is 0.264 e. The van der Waals surface area contributed by atoms with Crippen molar-refractivity contribution in [3.63, 3.8) is 0 Å². The van der Waals surface area contributed by atoms with E-state index in [4.69, 9.17) is 23.2 Å². The molecule has 0 radical (unpaired) electrons. The Morgan fingerprint density at radius 2 is 1.59 bits per heavy atom. The van der Waals surface area contributed by atoms with Crippen molar-refractivity contribution >= 4 is 50.7 Å². The monoisotopic (exact) mass is 589 g/mol. The number of sulfonamides is 1. The van der Waals surface area contributed by atoms with Gasteiger partial charge in [-0.1, -0.05) is 72.6 Å². The maximum Gasteiger partial charge on any atom is 0.264 e. The summed E-state index contributed by atoms with van der Waals surface area (Å²) >= 11 is 12.5. The number of hydrogen-bond donors (Lipinski definition) is 1. The largest absolute Gasteiger partial charge is 0.352 e. The van der Waals surface area contributed by atoms with Gasteiger partial charge in [0.25, 0.3) is 10.0 Å². The number of halogens is 2. The van der Waals surface area contributed by atoms with Crippen molar-refractivity contribution in [3.8, 4) is 0 Å². The van der Waals surface area contributed by atoms with Crippen LogP contribution in [0.3, 0.4) is 0 Å². The molecule has 0 fully saturated rings. The Morgan fingerprint density at radius 3 is 2.21 bits per heavy atom. The second kappa shape index (κ2) is 13.3. The number of para-hydroxylation sites is 1. The van der Waals surface area contributed by atoms with E-state index >= 15 is 0 Å². The van der Waals surface area contributed by atoms with Gasteiger partial charge in [0.15, 0.2) is 0 Å².